The fourth-order valence-electron chi connectivity index (χ4n) is 2.78. The van der Waals surface area contributed by atoms with Crippen molar-refractivity contribution in [3.05, 3.63) is 58.0 Å². The number of amides is 2. The first-order valence-corrected chi connectivity index (χ1v) is 8.68. The fourth-order valence-corrected chi connectivity index (χ4v) is 3.58. The Morgan fingerprint density at radius 3 is 2.79 bits per heavy atom. The Morgan fingerprint density at radius 1 is 1.33 bits per heavy atom. The first kappa shape index (κ1) is 16.6. The van der Waals surface area contributed by atoms with Crippen molar-refractivity contribution < 1.29 is 18.9 Å². The van der Waals surface area contributed by atoms with Crippen LogP contribution in [0.5, 0.6) is 0 Å². The van der Waals surface area contributed by atoms with Gasteiger partial charge in [-0.15, -0.1) is 11.3 Å². The van der Waals surface area contributed by atoms with Gasteiger partial charge in [-0.2, -0.15) is 0 Å². The number of piperazine rings is 1. The highest BCUT2D eigenvalue weighted by molar-refractivity contribution is 7.10. The summed E-state index contributed by atoms with van der Waals surface area (Å²) in [6.07, 6.45) is 0. The summed E-state index contributed by atoms with van der Waals surface area (Å²) in [5.74, 6) is -0.460. The normalized spacial score (nSPS) is 18.7. The van der Waals surface area contributed by atoms with Crippen molar-refractivity contribution in [2.75, 3.05) is 26.2 Å². The van der Waals surface area contributed by atoms with Gasteiger partial charge in [0.1, 0.15) is 5.82 Å². The number of halogens is 1. The first-order chi connectivity index (χ1) is 11.6. The molecule has 1 aliphatic heterocycles. The van der Waals surface area contributed by atoms with E-state index in [9.17, 15) is 14.0 Å². The molecule has 24 heavy (non-hydrogen) atoms. The van der Waals surface area contributed by atoms with Crippen LogP contribution in [0.25, 0.3) is 0 Å². The van der Waals surface area contributed by atoms with Gasteiger partial charge in [0.05, 0.1) is 19.1 Å². The molecule has 0 aliphatic carbocycles. The smallest absolute Gasteiger partial charge is 0.275 e. The number of benzene rings is 1. The molecule has 0 spiro atoms. The second-order valence-corrected chi connectivity index (χ2v) is 6.75. The minimum absolute atomic E-state index is 0.0302. The topological polar surface area (TPSA) is 62.6 Å². The van der Waals surface area contributed by atoms with Gasteiger partial charge in [0, 0.05) is 4.88 Å². The Labute approximate surface area is 143 Å². The SMILES string of the molecule is O=C1C[NH+](CC(=O)N[C@@H](c2ccc(F)cc2)c2cccs2)CCN1. The third-order valence-corrected chi connectivity index (χ3v) is 4.90. The average molecular weight is 348 g/mol. The van der Waals surface area contributed by atoms with E-state index in [-0.39, 0.29) is 30.2 Å². The number of carbonyl (C=O) groups excluding carboxylic acids is 2. The molecular weight excluding hydrogens is 329 g/mol. The fraction of sp³-hybridized carbons (Fsp3) is 0.294. The van der Waals surface area contributed by atoms with Gasteiger partial charge in [0.15, 0.2) is 13.1 Å². The molecule has 3 rings (SSSR count). The summed E-state index contributed by atoms with van der Waals surface area (Å²) in [6, 6.07) is 9.70. The third-order valence-electron chi connectivity index (χ3n) is 3.96. The van der Waals surface area contributed by atoms with Crippen LogP contribution in [-0.2, 0) is 9.59 Å². The zero-order valence-corrected chi connectivity index (χ0v) is 13.9. The zero-order valence-electron chi connectivity index (χ0n) is 13.0. The Hall–Kier alpha value is -2.25. The zero-order chi connectivity index (χ0) is 16.9. The van der Waals surface area contributed by atoms with E-state index in [4.69, 9.17) is 0 Å². The number of quaternary nitrogens is 1. The number of nitrogens with one attached hydrogen (secondary N) is 3. The number of hydrogen-bond donors (Lipinski definition) is 3. The lowest BCUT2D eigenvalue weighted by Crippen LogP contribution is -3.16. The van der Waals surface area contributed by atoms with Gasteiger partial charge in [-0.05, 0) is 29.1 Å². The minimum atomic E-state index is -0.309. The van der Waals surface area contributed by atoms with E-state index in [1.165, 1.54) is 23.5 Å². The number of rotatable bonds is 5. The molecular formula is C17H19FN3O2S+. The van der Waals surface area contributed by atoms with Crippen molar-refractivity contribution in [1.29, 1.82) is 0 Å². The molecule has 0 bridgehead atoms. The van der Waals surface area contributed by atoms with Crippen LogP contribution in [0.4, 0.5) is 4.39 Å². The van der Waals surface area contributed by atoms with Gasteiger partial charge in [-0.1, -0.05) is 18.2 Å². The second-order valence-electron chi connectivity index (χ2n) is 5.77. The van der Waals surface area contributed by atoms with E-state index < -0.39 is 0 Å². The van der Waals surface area contributed by atoms with Crippen molar-refractivity contribution in [3.63, 3.8) is 0 Å². The Morgan fingerprint density at radius 2 is 2.12 bits per heavy atom. The number of hydrogen-bond acceptors (Lipinski definition) is 3. The van der Waals surface area contributed by atoms with Crippen molar-refractivity contribution in [2.45, 2.75) is 6.04 Å². The van der Waals surface area contributed by atoms with Crippen molar-refractivity contribution in [2.24, 2.45) is 0 Å². The molecule has 1 unspecified atom stereocenters. The molecule has 2 atom stereocenters. The molecule has 1 aromatic heterocycles. The maximum absolute atomic E-state index is 13.2. The second kappa shape index (κ2) is 7.55. The van der Waals surface area contributed by atoms with E-state index in [2.05, 4.69) is 10.6 Å². The molecule has 2 amide bonds. The van der Waals surface area contributed by atoms with E-state index in [0.717, 1.165) is 21.9 Å². The van der Waals surface area contributed by atoms with Crippen LogP contribution in [0.2, 0.25) is 0 Å². The largest absolute Gasteiger partial charge is 0.346 e. The molecule has 5 nitrogen and oxygen atoms in total. The highest BCUT2D eigenvalue weighted by Crippen LogP contribution is 2.26. The van der Waals surface area contributed by atoms with Gasteiger partial charge in [-0.3, -0.25) is 9.59 Å². The van der Waals surface area contributed by atoms with Crippen LogP contribution in [0.3, 0.4) is 0 Å². The van der Waals surface area contributed by atoms with Crippen molar-refractivity contribution in [1.82, 2.24) is 10.6 Å². The summed E-state index contributed by atoms with van der Waals surface area (Å²) < 4.78 is 13.2. The Bertz CT molecular complexity index is 703. The highest BCUT2D eigenvalue weighted by Gasteiger charge is 2.24. The van der Waals surface area contributed by atoms with Crippen molar-refractivity contribution in [3.8, 4) is 0 Å². The van der Waals surface area contributed by atoms with Gasteiger partial charge in [0.2, 0.25) is 0 Å². The molecule has 2 heterocycles. The molecule has 7 heteroatoms. The summed E-state index contributed by atoms with van der Waals surface area (Å²) in [5, 5.41) is 7.71. The number of thiophene rings is 1. The minimum Gasteiger partial charge on any atom is -0.346 e. The van der Waals surface area contributed by atoms with E-state index in [1.54, 1.807) is 12.1 Å². The van der Waals surface area contributed by atoms with Crippen molar-refractivity contribution >= 4 is 23.2 Å². The lowest BCUT2D eigenvalue weighted by atomic mass is 10.1. The molecule has 1 aromatic carbocycles. The molecule has 1 aliphatic rings. The lowest BCUT2D eigenvalue weighted by Gasteiger charge is -2.24. The van der Waals surface area contributed by atoms with Crippen LogP contribution < -0.4 is 15.5 Å². The quantitative estimate of drug-likeness (QED) is 0.718. The monoisotopic (exact) mass is 348 g/mol. The van der Waals surface area contributed by atoms with Crippen LogP contribution in [0, 0.1) is 5.82 Å². The molecule has 1 fully saturated rings. The molecule has 0 radical (unpaired) electrons. The summed E-state index contributed by atoms with van der Waals surface area (Å²) >= 11 is 1.54. The Kier molecular flexibility index (Phi) is 5.22. The molecule has 3 N–H and O–H groups in total. The van der Waals surface area contributed by atoms with E-state index in [1.807, 2.05) is 17.5 Å². The average Bonchev–Trinajstić information content (AvgIpc) is 3.08. The van der Waals surface area contributed by atoms with Gasteiger partial charge in [-0.25, -0.2) is 4.39 Å². The maximum Gasteiger partial charge on any atom is 0.275 e. The van der Waals surface area contributed by atoms with E-state index >= 15 is 0 Å². The van der Waals surface area contributed by atoms with Crippen LogP contribution in [0.1, 0.15) is 16.5 Å². The highest BCUT2D eigenvalue weighted by atomic mass is 32.1. The third kappa shape index (κ3) is 4.18. The summed E-state index contributed by atoms with van der Waals surface area (Å²) in [7, 11) is 0. The predicted octanol–water partition coefficient (Wildman–Crippen LogP) is 0.108. The lowest BCUT2D eigenvalue weighted by molar-refractivity contribution is -0.885. The maximum atomic E-state index is 13.2. The summed E-state index contributed by atoms with van der Waals surface area (Å²) in [5.41, 5.74) is 0.832. The standard InChI is InChI=1S/C17H18FN3O2S/c18-13-5-3-12(4-6-13)17(14-2-1-9-24-14)20-16(23)11-21-8-7-19-15(22)10-21/h1-6,9,17H,7-8,10-11H2,(H,19,22)(H,20,23)/p+1/t17-/m0/s1. The van der Waals surface area contributed by atoms with Gasteiger partial charge < -0.3 is 15.5 Å². The molecule has 0 saturated carbocycles. The van der Waals surface area contributed by atoms with Gasteiger partial charge in [0.25, 0.3) is 11.8 Å². The van der Waals surface area contributed by atoms with E-state index in [0.29, 0.717) is 13.1 Å². The van der Waals surface area contributed by atoms with Crippen LogP contribution in [-0.4, -0.2) is 38.0 Å². The molecule has 2 aromatic rings. The molecule has 126 valence electrons. The van der Waals surface area contributed by atoms with Crippen LogP contribution >= 0.6 is 11.3 Å². The van der Waals surface area contributed by atoms with Gasteiger partial charge >= 0.3 is 0 Å². The molecule has 1 saturated heterocycles. The Balaban J connectivity index is 1.71. The van der Waals surface area contributed by atoms with Crippen LogP contribution in [0.15, 0.2) is 41.8 Å². The predicted molar refractivity (Wildman–Crippen MR) is 89.3 cm³/mol. The number of carbonyl (C=O) groups is 2. The summed E-state index contributed by atoms with van der Waals surface area (Å²) in [4.78, 5) is 25.8. The first-order valence-electron chi connectivity index (χ1n) is 7.80. The summed E-state index contributed by atoms with van der Waals surface area (Å²) in [6.45, 7) is 1.89.